The van der Waals surface area contributed by atoms with Crippen molar-refractivity contribution in [2.45, 2.75) is 46.2 Å². The van der Waals surface area contributed by atoms with Gasteiger partial charge in [0.05, 0.1) is 7.11 Å². The molecule has 0 aromatic heterocycles. The summed E-state index contributed by atoms with van der Waals surface area (Å²) in [5, 5.41) is 9.43. The van der Waals surface area contributed by atoms with Gasteiger partial charge in [-0.25, -0.2) is 0 Å². The molecule has 0 saturated heterocycles. The van der Waals surface area contributed by atoms with Gasteiger partial charge in [0.2, 0.25) is 0 Å². The number of ether oxygens (including phenoxy) is 1. The number of benzene rings is 1. The van der Waals surface area contributed by atoms with Gasteiger partial charge in [-0.15, -0.1) is 24.0 Å². The predicted octanol–water partition coefficient (Wildman–Crippen LogP) is 2.72. The van der Waals surface area contributed by atoms with Gasteiger partial charge in [-0.1, -0.05) is 6.07 Å². The van der Waals surface area contributed by atoms with E-state index in [1.165, 1.54) is 0 Å². The molecule has 29 heavy (non-hydrogen) atoms. The predicted molar refractivity (Wildman–Crippen MR) is 132 cm³/mol. The fraction of sp³-hybridized carbons (Fsp3) is 0.619. The highest BCUT2D eigenvalue weighted by Crippen LogP contribution is 2.12. The Morgan fingerprint density at radius 2 is 1.69 bits per heavy atom. The first-order chi connectivity index (χ1) is 13.4. The monoisotopic (exact) mass is 519 g/mol. The zero-order valence-corrected chi connectivity index (χ0v) is 20.9. The molecule has 3 N–H and O–H groups in total. The van der Waals surface area contributed by atoms with Crippen molar-refractivity contribution in [1.82, 2.24) is 20.9 Å². The van der Waals surface area contributed by atoms with Crippen molar-refractivity contribution in [3.63, 3.8) is 0 Å². The minimum atomic E-state index is -0.119. The highest BCUT2D eigenvalue weighted by molar-refractivity contribution is 14.0. The molecule has 0 bridgehead atoms. The van der Waals surface area contributed by atoms with Crippen molar-refractivity contribution < 1.29 is 9.53 Å². The first kappa shape index (κ1) is 27.5. The fourth-order valence-corrected chi connectivity index (χ4v) is 3.03. The summed E-state index contributed by atoms with van der Waals surface area (Å²) in [4.78, 5) is 18.9. The van der Waals surface area contributed by atoms with E-state index >= 15 is 0 Å². The molecule has 0 unspecified atom stereocenters. The van der Waals surface area contributed by atoms with Gasteiger partial charge >= 0.3 is 0 Å². The summed E-state index contributed by atoms with van der Waals surface area (Å²) in [6.45, 7) is 11.9. The van der Waals surface area contributed by atoms with Crippen LogP contribution >= 0.6 is 24.0 Å². The van der Waals surface area contributed by atoms with E-state index in [-0.39, 0.29) is 29.9 Å². The SMILES string of the molecule is CN=C(NCCCN(C(C)C)C(C)C)NCCNC(=O)c1cccc(OC)c1.I. The van der Waals surface area contributed by atoms with Crippen LogP contribution in [0, 0.1) is 0 Å². The second-order valence-corrected chi connectivity index (χ2v) is 7.19. The van der Waals surface area contributed by atoms with Gasteiger partial charge in [-0.2, -0.15) is 0 Å². The van der Waals surface area contributed by atoms with Gasteiger partial charge in [0.25, 0.3) is 5.91 Å². The summed E-state index contributed by atoms with van der Waals surface area (Å²) in [5.74, 6) is 1.30. The van der Waals surface area contributed by atoms with Crippen LogP contribution in [0.4, 0.5) is 0 Å². The molecular formula is C21H38IN5O2. The largest absolute Gasteiger partial charge is 0.497 e. The summed E-state index contributed by atoms with van der Waals surface area (Å²) >= 11 is 0. The minimum absolute atomic E-state index is 0. The average molecular weight is 519 g/mol. The average Bonchev–Trinajstić information content (AvgIpc) is 2.68. The van der Waals surface area contributed by atoms with E-state index in [2.05, 4.69) is 53.5 Å². The number of nitrogens with one attached hydrogen (secondary N) is 3. The van der Waals surface area contributed by atoms with Crippen LogP contribution in [-0.2, 0) is 0 Å². The van der Waals surface area contributed by atoms with Crippen molar-refractivity contribution in [3.8, 4) is 5.75 Å². The maximum Gasteiger partial charge on any atom is 0.251 e. The second kappa shape index (κ2) is 15.3. The number of nitrogens with zero attached hydrogens (tertiary/aromatic N) is 2. The first-order valence-electron chi connectivity index (χ1n) is 10.0. The van der Waals surface area contributed by atoms with Crippen LogP contribution in [0.25, 0.3) is 0 Å². The van der Waals surface area contributed by atoms with Crippen molar-refractivity contribution in [3.05, 3.63) is 29.8 Å². The molecule has 8 heteroatoms. The van der Waals surface area contributed by atoms with E-state index in [9.17, 15) is 4.79 Å². The van der Waals surface area contributed by atoms with Gasteiger partial charge in [0.1, 0.15) is 5.75 Å². The summed E-state index contributed by atoms with van der Waals surface area (Å²) < 4.78 is 5.14. The summed E-state index contributed by atoms with van der Waals surface area (Å²) in [6.07, 6.45) is 1.05. The maximum absolute atomic E-state index is 12.2. The molecule has 7 nitrogen and oxygen atoms in total. The normalized spacial score (nSPS) is 11.4. The molecule has 0 radical (unpaired) electrons. The van der Waals surface area contributed by atoms with Crippen LogP contribution in [0.5, 0.6) is 5.75 Å². The quantitative estimate of drug-likeness (QED) is 0.182. The van der Waals surface area contributed by atoms with Crippen LogP contribution in [0.1, 0.15) is 44.5 Å². The molecule has 0 spiro atoms. The lowest BCUT2D eigenvalue weighted by Gasteiger charge is -2.30. The van der Waals surface area contributed by atoms with E-state index in [1.807, 2.05) is 6.07 Å². The van der Waals surface area contributed by atoms with Gasteiger partial charge in [0, 0.05) is 50.9 Å². The van der Waals surface area contributed by atoms with E-state index < -0.39 is 0 Å². The van der Waals surface area contributed by atoms with Gasteiger partial charge < -0.3 is 20.7 Å². The van der Waals surface area contributed by atoms with Crippen LogP contribution in [0.2, 0.25) is 0 Å². The summed E-state index contributed by atoms with van der Waals surface area (Å²) in [7, 11) is 3.33. The van der Waals surface area contributed by atoms with Crippen molar-refractivity contribution >= 4 is 35.8 Å². The lowest BCUT2D eigenvalue weighted by molar-refractivity contribution is 0.0954. The van der Waals surface area contributed by atoms with E-state index in [0.717, 1.165) is 25.5 Å². The number of halogens is 1. The number of amides is 1. The lowest BCUT2D eigenvalue weighted by atomic mass is 10.2. The van der Waals surface area contributed by atoms with Gasteiger partial charge in [-0.05, 0) is 52.3 Å². The number of hydrogen-bond donors (Lipinski definition) is 3. The highest BCUT2D eigenvalue weighted by atomic mass is 127. The molecule has 0 fully saturated rings. The van der Waals surface area contributed by atoms with E-state index in [1.54, 1.807) is 32.4 Å². The third kappa shape index (κ3) is 10.7. The Bertz CT molecular complexity index is 615. The fourth-order valence-electron chi connectivity index (χ4n) is 3.03. The van der Waals surface area contributed by atoms with Gasteiger partial charge in [0.15, 0.2) is 5.96 Å². The van der Waals surface area contributed by atoms with Crippen molar-refractivity contribution in [2.75, 3.05) is 40.3 Å². The Hall–Kier alpha value is -1.55. The maximum atomic E-state index is 12.2. The Morgan fingerprint density at radius 3 is 2.28 bits per heavy atom. The van der Waals surface area contributed by atoms with Crippen LogP contribution in [-0.4, -0.2) is 69.2 Å². The Labute approximate surface area is 193 Å². The van der Waals surface area contributed by atoms with Crippen LogP contribution < -0.4 is 20.7 Å². The molecule has 0 aliphatic carbocycles. The van der Waals surface area contributed by atoms with E-state index in [4.69, 9.17) is 4.74 Å². The number of aliphatic imine (C=N–C) groups is 1. The molecule has 0 atom stereocenters. The molecule has 0 aliphatic rings. The molecule has 1 aromatic rings. The number of hydrogen-bond acceptors (Lipinski definition) is 4. The minimum Gasteiger partial charge on any atom is -0.497 e. The zero-order valence-electron chi connectivity index (χ0n) is 18.6. The second-order valence-electron chi connectivity index (χ2n) is 7.19. The number of carbonyl (C=O) groups excluding carboxylic acids is 1. The Kier molecular flexibility index (Phi) is 14.5. The van der Waals surface area contributed by atoms with E-state index in [0.29, 0.717) is 36.5 Å². The Balaban J connectivity index is 0.00000784. The first-order valence-corrected chi connectivity index (χ1v) is 10.0. The molecule has 1 amide bonds. The standard InChI is InChI=1S/C21H37N5O2.HI/c1-16(2)26(17(3)4)14-8-11-24-21(22-5)25-13-12-23-20(27)18-9-7-10-19(15-18)28-6;/h7,9-10,15-17H,8,11-14H2,1-6H3,(H,23,27)(H2,22,24,25);1H. The van der Waals surface area contributed by atoms with Crippen molar-refractivity contribution in [2.24, 2.45) is 4.99 Å². The van der Waals surface area contributed by atoms with Crippen LogP contribution in [0.15, 0.2) is 29.3 Å². The van der Waals surface area contributed by atoms with Crippen LogP contribution in [0.3, 0.4) is 0 Å². The molecule has 0 aliphatic heterocycles. The van der Waals surface area contributed by atoms with Crippen molar-refractivity contribution in [1.29, 1.82) is 0 Å². The smallest absolute Gasteiger partial charge is 0.251 e. The Morgan fingerprint density at radius 1 is 1.07 bits per heavy atom. The molecule has 0 saturated carbocycles. The zero-order chi connectivity index (χ0) is 20.9. The topological polar surface area (TPSA) is 78.0 Å². The highest BCUT2D eigenvalue weighted by Gasteiger charge is 2.12. The summed E-state index contributed by atoms with van der Waals surface area (Å²) in [6, 6.07) is 8.20. The third-order valence-corrected chi connectivity index (χ3v) is 4.47. The third-order valence-electron chi connectivity index (χ3n) is 4.47. The number of methoxy groups -OCH3 is 1. The molecule has 166 valence electrons. The molecule has 1 rings (SSSR count). The van der Waals surface area contributed by atoms with Gasteiger partial charge in [-0.3, -0.25) is 14.7 Å². The molecule has 1 aromatic carbocycles. The lowest BCUT2D eigenvalue weighted by Crippen LogP contribution is -2.43. The summed E-state index contributed by atoms with van der Waals surface area (Å²) in [5.41, 5.74) is 0.585. The number of rotatable bonds is 11. The number of carbonyl (C=O) groups is 1. The molecular weight excluding hydrogens is 481 g/mol. The number of guanidine groups is 1. The molecule has 0 heterocycles.